The highest BCUT2D eigenvalue weighted by molar-refractivity contribution is 5.20. The van der Waals surface area contributed by atoms with E-state index in [-0.39, 0.29) is 0 Å². The summed E-state index contributed by atoms with van der Waals surface area (Å²) >= 11 is 0. The monoisotopic (exact) mass is 148 g/mol. The topological polar surface area (TPSA) is 24.1 Å². The third-order valence-corrected chi connectivity index (χ3v) is 2.09. The Kier molecular flexibility index (Phi) is 1.88. The fourth-order valence-corrected chi connectivity index (χ4v) is 1.42. The van der Waals surface area contributed by atoms with Crippen LogP contribution in [0.2, 0.25) is 0 Å². The van der Waals surface area contributed by atoms with E-state index in [4.69, 9.17) is 0 Å². The van der Waals surface area contributed by atoms with Crippen molar-refractivity contribution in [3.8, 4) is 0 Å². The van der Waals surface area contributed by atoms with Gasteiger partial charge in [0.1, 0.15) is 0 Å². The molecule has 1 saturated heterocycles. The molecule has 1 aliphatic rings. The van der Waals surface area contributed by atoms with Gasteiger partial charge in [-0.2, -0.15) is 0 Å². The van der Waals surface area contributed by atoms with Crippen LogP contribution in [0.25, 0.3) is 0 Å². The van der Waals surface area contributed by atoms with Crippen molar-refractivity contribution in [2.45, 2.75) is 5.92 Å². The molecule has 0 aromatic heterocycles. The van der Waals surface area contributed by atoms with Crippen molar-refractivity contribution in [3.05, 3.63) is 35.9 Å². The van der Waals surface area contributed by atoms with Crippen molar-refractivity contribution in [2.75, 3.05) is 13.1 Å². The second-order valence-corrected chi connectivity index (χ2v) is 2.87. The van der Waals surface area contributed by atoms with Gasteiger partial charge in [-0.05, 0) is 5.56 Å². The normalized spacial score (nSPS) is 18.9. The van der Waals surface area contributed by atoms with Gasteiger partial charge in [0.25, 0.3) is 0 Å². The third-order valence-electron chi connectivity index (χ3n) is 2.09. The minimum atomic E-state index is 0.649. The largest absolute Gasteiger partial charge is 0.257 e. The molecule has 0 aliphatic carbocycles. The Labute approximate surface area is 66.6 Å². The van der Waals surface area contributed by atoms with Crippen LogP contribution in [0.1, 0.15) is 11.5 Å². The summed E-state index contributed by atoms with van der Waals surface area (Å²) in [7, 11) is 0. The molecule has 0 spiro atoms. The molecule has 1 aliphatic heterocycles. The molecule has 2 nitrogen and oxygen atoms in total. The van der Waals surface area contributed by atoms with Crippen LogP contribution in [0.5, 0.6) is 0 Å². The van der Waals surface area contributed by atoms with E-state index in [1.54, 1.807) is 0 Å². The molecule has 0 atom stereocenters. The van der Waals surface area contributed by atoms with Crippen LogP contribution >= 0.6 is 0 Å². The summed E-state index contributed by atoms with van der Waals surface area (Å²) < 4.78 is 0. The lowest BCUT2D eigenvalue weighted by Gasteiger charge is -2.05. The molecule has 0 bridgehead atoms. The molecule has 1 heterocycles. The summed E-state index contributed by atoms with van der Waals surface area (Å²) in [6.45, 7) is 2.09. The second kappa shape index (κ2) is 3.03. The molecule has 11 heavy (non-hydrogen) atoms. The van der Waals surface area contributed by atoms with Crippen LogP contribution < -0.4 is 10.9 Å². The molecule has 1 fully saturated rings. The van der Waals surface area contributed by atoms with Gasteiger partial charge in [0.15, 0.2) is 0 Å². The van der Waals surface area contributed by atoms with Gasteiger partial charge in [0, 0.05) is 19.0 Å². The van der Waals surface area contributed by atoms with Gasteiger partial charge in [0.05, 0.1) is 0 Å². The molecule has 1 aromatic rings. The molecule has 2 rings (SSSR count). The summed E-state index contributed by atoms with van der Waals surface area (Å²) in [6, 6.07) is 10.6. The summed E-state index contributed by atoms with van der Waals surface area (Å²) in [5.74, 6) is 0.649. The van der Waals surface area contributed by atoms with Crippen LogP contribution in [-0.2, 0) is 0 Å². The fourth-order valence-electron chi connectivity index (χ4n) is 1.42. The van der Waals surface area contributed by atoms with Gasteiger partial charge in [-0.3, -0.25) is 10.9 Å². The minimum absolute atomic E-state index is 0.649. The zero-order chi connectivity index (χ0) is 7.52. The summed E-state index contributed by atoms with van der Waals surface area (Å²) in [5, 5.41) is 0. The van der Waals surface area contributed by atoms with E-state index < -0.39 is 0 Å². The SMILES string of the molecule is c1ccc(C2CNNC2)cc1. The van der Waals surface area contributed by atoms with Crippen molar-refractivity contribution in [1.29, 1.82) is 0 Å². The summed E-state index contributed by atoms with van der Waals surface area (Å²) in [4.78, 5) is 0. The maximum Gasteiger partial charge on any atom is 0.0181 e. The Morgan fingerprint density at radius 2 is 1.64 bits per heavy atom. The first-order chi connectivity index (χ1) is 5.47. The standard InChI is InChI=1S/C9H12N2/c1-2-4-8(5-3-1)9-6-10-11-7-9/h1-5,9-11H,6-7H2. The summed E-state index contributed by atoms with van der Waals surface area (Å²) in [6.07, 6.45) is 0. The Morgan fingerprint density at radius 1 is 1.00 bits per heavy atom. The highest BCUT2D eigenvalue weighted by Gasteiger charge is 2.14. The Morgan fingerprint density at radius 3 is 2.27 bits per heavy atom. The minimum Gasteiger partial charge on any atom is -0.257 e. The molecule has 58 valence electrons. The molecule has 2 N–H and O–H groups in total. The van der Waals surface area contributed by atoms with E-state index in [0.29, 0.717) is 5.92 Å². The van der Waals surface area contributed by atoms with Crippen LogP contribution in [0, 0.1) is 0 Å². The lowest BCUT2D eigenvalue weighted by Crippen LogP contribution is -2.21. The third kappa shape index (κ3) is 1.42. The number of nitrogens with one attached hydrogen (secondary N) is 2. The van der Waals surface area contributed by atoms with Gasteiger partial charge in [-0.1, -0.05) is 30.3 Å². The van der Waals surface area contributed by atoms with Crippen LogP contribution in [0.4, 0.5) is 0 Å². The quantitative estimate of drug-likeness (QED) is 0.617. The van der Waals surface area contributed by atoms with E-state index in [1.807, 2.05) is 0 Å². The molecule has 0 saturated carbocycles. The van der Waals surface area contributed by atoms with Crippen molar-refractivity contribution < 1.29 is 0 Å². The van der Waals surface area contributed by atoms with E-state index in [2.05, 4.69) is 41.2 Å². The molecular weight excluding hydrogens is 136 g/mol. The Balaban J connectivity index is 2.16. The molecular formula is C9H12N2. The predicted octanol–water partition coefficient (Wildman–Crippen LogP) is 0.878. The van der Waals surface area contributed by atoms with E-state index in [0.717, 1.165) is 13.1 Å². The Bertz CT molecular complexity index is 214. The molecule has 1 aromatic carbocycles. The molecule has 0 unspecified atom stereocenters. The second-order valence-electron chi connectivity index (χ2n) is 2.87. The van der Waals surface area contributed by atoms with Gasteiger partial charge < -0.3 is 0 Å². The van der Waals surface area contributed by atoms with Crippen LogP contribution in [0.3, 0.4) is 0 Å². The van der Waals surface area contributed by atoms with Gasteiger partial charge in [-0.25, -0.2) is 0 Å². The van der Waals surface area contributed by atoms with Crippen molar-refractivity contribution >= 4 is 0 Å². The highest BCUT2D eigenvalue weighted by atomic mass is 15.4. The zero-order valence-electron chi connectivity index (χ0n) is 6.38. The molecule has 2 heteroatoms. The van der Waals surface area contributed by atoms with Crippen LogP contribution in [-0.4, -0.2) is 13.1 Å². The first kappa shape index (κ1) is 6.83. The van der Waals surface area contributed by atoms with Crippen molar-refractivity contribution in [3.63, 3.8) is 0 Å². The molecule has 0 radical (unpaired) electrons. The van der Waals surface area contributed by atoms with E-state index in [9.17, 15) is 0 Å². The van der Waals surface area contributed by atoms with Gasteiger partial charge >= 0.3 is 0 Å². The first-order valence-corrected chi connectivity index (χ1v) is 3.97. The zero-order valence-corrected chi connectivity index (χ0v) is 6.38. The average Bonchev–Trinajstić information content (AvgIpc) is 2.58. The van der Waals surface area contributed by atoms with E-state index >= 15 is 0 Å². The average molecular weight is 148 g/mol. The number of benzene rings is 1. The smallest absolute Gasteiger partial charge is 0.0181 e. The summed E-state index contributed by atoms with van der Waals surface area (Å²) in [5.41, 5.74) is 7.66. The first-order valence-electron chi connectivity index (χ1n) is 3.97. The van der Waals surface area contributed by atoms with E-state index in [1.165, 1.54) is 5.56 Å². The fraction of sp³-hybridized carbons (Fsp3) is 0.333. The highest BCUT2D eigenvalue weighted by Crippen LogP contribution is 2.15. The number of hydrazine groups is 1. The van der Waals surface area contributed by atoms with Crippen molar-refractivity contribution in [1.82, 2.24) is 10.9 Å². The number of rotatable bonds is 1. The van der Waals surface area contributed by atoms with Gasteiger partial charge in [0.2, 0.25) is 0 Å². The van der Waals surface area contributed by atoms with Crippen molar-refractivity contribution in [2.24, 2.45) is 0 Å². The number of hydrogen-bond donors (Lipinski definition) is 2. The maximum atomic E-state index is 3.12. The predicted molar refractivity (Wildman–Crippen MR) is 45.2 cm³/mol. The number of hydrogen-bond acceptors (Lipinski definition) is 2. The molecule has 0 amide bonds. The maximum absolute atomic E-state index is 3.12. The lowest BCUT2D eigenvalue weighted by molar-refractivity contribution is 0.689. The van der Waals surface area contributed by atoms with Gasteiger partial charge in [-0.15, -0.1) is 0 Å². The Hall–Kier alpha value is -0.860. The lowest BCUT2D eigenvalue weighted by atomic mass is 10.0. The van der Waals surface area contributed by atoms with Crippen LogP contribution in [0.15, 0.2) is 30.3 Å².